The lowest BCUT2D eigenvalue weighted by molar-refractivity contribution is 0.0928. The zero-order chi connectivity index (χ0) is 18.4. The van der Waals surface area contributed by atoms with Crippen LogP contribution in [0.3, 0.4) is 0 Å². The molecule has 1 N–H and O–H groups in total. The lowest BCUT2D eigenvalue weighted by atomic mass is 10.0. The second-order valence-corrected chi connectivity index (χ2v) is 6.07. The maximum atomic E-state index is 12.7. The maximum Gasteiger partial charge on any atom is 0.252 e. The quantitative estimate of drug-likeness (QED) is 0.524. The van der Waals surface area contributed by atoms with Gasteiger partial charge in [-0.3, -0.25) is 9.78 Å². The minimum atomic E-state index is -0.141. The highest BCUT2D eigenvalue weighted by atomic mass is 16.5. The van der Waals surface area contributed by atoms with Gasteiger partial charge >= 0.3 is 0 Å². The molecule has 0 atom stereocenters. The van der Waals surface area contributed by atoms with Gasteiger partial charge in [-0.2, -0.15) is 0 Å². The number of nitrogens with zero attached hydrogens (tertiary/aromatic N) is 2. The van der Waals surface area contributed by atoms with Crippen LogP contribution in [0, 0.1) is 0 Å². The maximum absolute atomic E-state index is 12.7. The fourth-order valence-electron chi connectivity index (χ4n) is 2.61. The van der Waals surface area contributed by atoms with Gasteiger partial charge in [-0.25, -0.2) is 4.98 Å². The number of ether oxygens (including phenoxy) is 1. The molecule has 132 valence electrons. The van der Waals surface area contributed by atoms with E-state index in [4.69, 9.17) is 4.74 Å². The molecule has 0 aliphatic rings. The normalized spacial score (nSPS) is 10.7. The number of amides is 1. The van der Waals surface area contributed by atoms with E-state index in [-0.39, 0.29) is 5.91 Å². The van der Waals surface area contributed by atoms with Gasteiger partial charge in [0, 0.05) is 29.9 Å². The fraction of sp³-hybridized carbons (Fsp3) is 0.190. The Bertz CT molecular complexity index is 923. The SMILES string of the molecule is C=C(C)COCCNC(=O)c1cc(-c2ccncc2)nc2ccccc12. The Labute approximate surface area is 152 Å². The molecule has 5 heteroatoms. The molecule has 0 saturated heterocycles. The van der Waals surface area contributed by atoms with Gasteiger partial charge in [0.15, 0.2) is 0 Å². The van der Waals surface area contributed by atoms with Crippen LogP contribution >= 0.6 is 0 Å². The summed E-state index contributed by atoms with van der Waals surface area (Å²) in [5.41, 5.74) is 4.01. The number of hydrogen-bond donors (Lipinski definition) is 1. The van der Waals surface area contributed by atoms with Gasteiger partial charge in [-0.1, -0.05) is 30.4 Å². The molecule has 5 nitrogen and oxygen atoms in total. The summed E-state index contributed by atoms with van der Waals surface area (Å²) in [7, 11) is 0. The first-order valence-electron chi connectivity index (χ1n) is 8.45. The molecule has 0 radical (unpaired) electrons. The highest BCUT2D eigenvalue weighted by Gasteiger charge is 2.13. The number of nitrogens with one attached hydrogen (secondary N) is 1. The molecule has 0 spiro atoms. The summed E-state index contributed by atoms with van der Waals surface area (Å²) in [4.78, 5) is 21.4. The van der Waals surface area contributed by atoms with Gasteiger partial charge in [-0.15, -0.1) is 0 Å². The largest absolute Gasteiger partial charge is 0.375 e. The third-order valence-corrected chi connectivity index (χ3v) is 3.82. The summed E-state index contributed by atoms with van der Waals surface area (Å²) in [6.45, 7) is 7.07. The summed E-state index contributed by atoms with van der Waals surface area (Å²) in [5, 5.41) is 3.73. The van der Waals surface area contributed by atoms with E-state index in [9.17, 15) is 4.79 Å². The van der Waals surface area contributed by atoms with Crippen molar-refractivity contribution in [3.05, 3.63) is 72.6 Å². The van der Waals surface area contributed by atoms with Crippen LogP contribution in [-0.4, -0.2) is 35.6 Å². The number of fused-ring (bicyclic) bond motifs is 1. The molecule has 1 aromatic carbocycles. The molecule has 26 heavy (non-hydrogen) atoms. The smallest absolute Gasteiger partial charge is 0.252 e. The predicted octanol–water partition coefficient (Wildman–Crippen LogP) is 3.62. The van der Waals surface area contributed by atoms with Crippen LogP contribution in [0.1, 0.15) is 17.3 Å². The molecule has 2 aromatic heterocycles. The summed E-state index contributed by atoms with van der Waals surface area (Å²) in [5.74, 6) is -0.141. The number of benzene rings is 1. The van der Waals surface area contributed by atoms with Crippen LogP contribution in [-0.2, 0) is 4.74 Å². The van der Waals surface area contributed by atoms with E-state index in [1.54, 1.807) is 12.4 Å². The third-order valence-electron chi connectivity index (χ3n) is 3.82. The van der Waals surface area contributed by atoms with Gasteiger partial charge in [0.05, 0.1) is 30.0 Å². The Morgan fingerprint density at radius 3 is 2.73 bits per heavy atom. The van der Waals surface area contributed by atoms with Crippen molar-refractivity contribution in [2.75, 3.05) is 19.8 Å². The molecular weight excluding hydrogens is 326 g/mol. The lowest BCUT2D eigenvalue weighted by Gasteiger charge is -2.11. The first kappa shape index (κ1) is 17.8. The minimum Gasteiger partial charge on any atom is -0.375 e. The predicted molar refractivity (Wildman–Crippen MR) is 103 cm³/mol. The van der Waals surface area contributed by atoms with Crippen molar-refractivity contribution in [3.63, 3.8) is 0 Å². The molecule has 3 rings (SSSR count). The average molecular weight is 347 g/mol. The third kappa shape index (κ3) is 4.32. The number of carbonyl (C=O) groups is 1. The van der Waals surface area contributed by atoms with E-state index in [1.807, 2.05) is 49.4 Å². The Kier molecular flexibility index (Phi) is 5.71. The van der Waals surface area contributed by atoms with Crippen molar-refractivity contribution in [2.45, 2.75) is 6.92 Å². The van der Waals surface area contributed by atoms with E-state index < -0.39 is 0 Å². The van der Waals surface area contributed by atoms with Crippen LogP contribution in [0.15, 0.2) is 67.0 Å². The highest BCUT2D eigenvalue weighted by Crippen LogP contribution is 2.24. The standard InChI is InChI=1S/C21H21N3O2/c1-15(2)14-26-12-11-23-21(25)18-13-20(16-7-9-22-10-8-16)24-19-6-4-3-5-17(18)19/h3-10,13H,1,11-12,14H2,2H3,(H,23,25). The van der Waals surface area contributed by atoms with E-state index >= 15 is 0 Å². The monoisotopic (exact) mass is 347 g/mol. The number of aromatic nitrogens is 2. The van der Waals surface area contributed by atoms with Crippen LogP contribution in [0.4, 0.5) is 0 Å². The van der Waals surface area contributed by atoms with Crippen molar-refractivity contribution < 1.29 is 9.53 Å². The lowest BCUT2D eigenvalue weighted by Crippen LogP contribution is -2.27. The second-order valence-electron chi connectivity index (χ2n) is 6.07. The zero-order valence-electron chi connectivity index (χ0n) is 14.7. The zero-order valence-corrected chi connectivity index (χ0v) is 14.7. The van der Waals surface area contributed by atoms with Crippen molar-refractivity contribution >= 4 is 16.8 Å². The van der Waals surface area contributed by atoms with Crippen LogP contribution in [0.25, 0.3) is 22.2 Å². The molecule has 0 aliphatic carbocycles. The van der Waals surface area contributed by atoms with Crippen molar-refractivity contribution in [3.8, 4) is 11.3 Å². The first-order chi connectivity index (χ1) is 12.6. The number of pyridine rings is 2. The Hall–Kier alpha value is -3.05. The van der Waals surface area contributed by atoms with E-state index in [1.165, 1.54) is 0 Å². The molecule has 0 saturated carbocycles. The van der Waals surface area contributed by atoms with Crippen LogP contribution in [0.2, 0.25) is 0 Å². The van der Waals surface area contributed by atoms with Crippen LogP contribution in [0.5, 0.6) is 0 Å². The van der Waals surface area contributed by atoms with Gasteiger partial charge in [0.1, 0.15) is 0 Å². The van der Waals surface area contributed by atoms with E-state index in [2.05, 4.69) is 21.9 Å². The summed E-state index contributed by atoms with van der Waals surface area (Å²) in [6.07, 6.45) is 3.43. The molecule has 0 unspecified atom stereocenters. The topological polar surface area (TPSA) is 64.1 Å². The van der Waals surface area contributed by atoms with E-state index in [0.717, 1.165) is 27.7 Å². The van der Waals surface area contributed by atoms with Gasteiger partial charge in [0.25, 0.3) is 5.91 Å². The summed E-state index contributed by atoms with van der Waals surface area (Å²) >= 11 is 0. The minimum absolute atomic E-state index is 0.141. The number of para-hydroxylation sites is 1. The van der Waals surface area contributed by atoms with E-state index in [0.29, 0.717) is 25.3 Å². The van der Waals surface area contributed by atoms with Gasteiger partial charge in [-0.05, 0) is 31.2 Å². The molecular formula is C21H21N3O2. The van der Waals surface area contributed by atoms with Crippen molar-refractivity contribution in [2.24, 2.45) is 0 Å². The molecule has 3 aromatic rings. The first-order valence-corrected chi connectivity index (χ1v) is 8.45. The van der Waals surface area contributed by atoms with Gasteiger partial charge < -0.3 is 10.1 Å². The number of hydrogen-bond acceptors (Lipinski definition) is 4. The van der Waals surface area contributed by atoms with Crippen LogP contribution < -0.4 is 5.32 Å². The molecule has 1 amide bonds. The second kappa shape index (κ2) is 8.36. The summed E-state index contributed by atoms with van der Waals surface area (Å²) in [6, 6.07) is 13.2. The number of carbonyl (C=O) groups excluding carboxylic acids is 1. The molecule has 0 fully saturated rings. The highest BCUT2D eigenvalue weighted by molar-refractivity contribution is 6.07. The Morgan fingerprint density at radius 2 is 1.96 bits per heavy atom. The Morgan fingerprint density at radius 1 is 1.19 bits per heavy atom. The molecule has 2 heterocycles. The molecule has 0 aliphatic heterocycles. The Balaban J connectivity index is 1.84. The van der Waals surface area contributed by atoms with Crippen molar-refractivity contribution in [1.29, 1.82) is 0 Å². The summed E-state index contributed by atoms with van der Waals surface area (Å²) < 4.78 is 5.43. The number of rotatable bonds is 7. The van der Waals surface area contributed by atoms with Crippen molar-refractivity contribution in [1.82, 2.24) is 15.3 Å². The fourth-order valence-corrected chi connectivity index (χ4v) is 2.61. The molecule has 0 bridgehead atoms. The van der Waals surface area contributed by atoms with Gasteiger partial charge in [0.2, 0.25) is 0 Å². The average Bonchev–Trinajstić information content (AvgIpc) is 2.67.